The van der Waals surface area contributed by atoms with Crippen molar-refractivity contribution in [1.82, 2.24) is 14.8 Å². The van der Waals surface area contributed by atoms with Gasteiger partial charge < -0.3 is 9.84 Å². The minimum atomic E-state index is -1.87. The van der Waals surface area contributed by atoms with Gasteiger partial charge in [0.1, 0.15) is 42.2 Å². The Hall–Kier alpha value is -3.88. The number of ketones is 1. The molecule has 0 saturated carbocycles. The van der Waals surface area contributed by atoms with Crippen LogP contribution in [0.5, 0.6) is 5.75 Å². The van der Waals surface area contributed by atoms with E-state index in [4.69, 9.17) is 16.3 Å². The molecule has 3 aromatic carbocycles. The highest BCUT2D eigenvalue weighted by Gasteiger charge is 2.34. The lowest BCUT2D eigenvalue weighted by Crippen LogP contribution is -2.39. The van der Waals surface area contributed by atoms with Crippen molar-refractivity contribution >= 4 is 23.5 Å². The first-order chi connectivity index (χ1) is 16.8. The van der Waals surface area contributed by atoms with Crippen LogP contribution in [0.2, 0.25) is 5.02 Å². The van der Waals surface area contributed by atoms with Gasteiger partial charge in [0.15, 0.2) is 5.78 Å². The Balaban J connectivity index is 1.47. The molecule has 4 rings (SSSR count). The maximum absolute atomic E-state index is 14.5. The Labute approximate surface area is 205 Å². The lowest BCUT2D eigenvalue weighted by atomic mass is 9.94. The lowest BCUT2D eigenvalue weighted by Gasteiger charge is -2.29. The minimum absolute atomic E-state index is 0.145. The van der Waals surface area contributed by atoms with Crippen molar-refractivity contribution in [2.45, 2.75) is 12.1 Å². The predicted octanol–water partition coefficient (Wildman–Crippen LogP) is 5.07. The van der Waals surface area contributed by atoms with Gasteiger partial charge in [0.05, 0.1) is 6.54 Å². The smallest absolute Gasteiger partial charge is 0.185 e. The van der Waals surface area contributed by atoms with Gasteiger partial charge in [0, 0.05) is 22.2 Å². The SMILES string of the molecule is O=C(C=Cc1ccc(Cl)cc1)c1ccc(OCC(O)(Cn2cncn2)c2ccc(F)cc2F)cc1. The quantitative estimate of drug-likeness (QED) is 0.259. The maximum atomic E-state index is 14.5. The molecule has 178 valence electrons. The summed E-state index contributed by atoms with van der Waals surface area (Å²) in [4.78, 5) is 16.3. The topological polar surface area (TPSA) is 77.2 Å². The van der Waals surface area contributed by atoms with Gasteiger partial charge in [-0.3, -0.25) is 4.79 Å². The molecule has 6 nitrogen and oxygen atoms in total. The second-order valence-electron chi connectivity index (χ2n) is 7.81. The third-order valence-electron chi connectivity index (χ3n) is 5.24. The molecule has 1 atom stereocenters. The van der Waals surface area contributed by atoms with Gasteiger partial charge in [-0.2, -0.15) is 5.10 Å². The molecule has 0 amide bonds. The number of ether oxygens (including phenoxy) is 1. The van der Waals surface area contributed by atoms with Gasteiger partial charge >= 0.3 is 0 Å². The number of benzene rings is 3. The van der Waals surface area contributed by atoms with Crippen molar-refractivity contribution in [1.29, 1.82) is 0 Å². The molecule has 4 aromatic rings. The van der Waals surface area contributed by atoms with Gasteiger partial charge in [-0.1, -0.05) is 35.9 Å². The molecule has 0 spiro atoms. The molecule has 1 unspecified atom stereocenters. The zero-order valence-electron chi connectivity index (χ0n) is 18.3. The molecular weight excluding hydrogens is 476 g/mol. The minimum Gasteiger partial charge on any atom is -0.490 e. The second-order valence-corrected chi connectivity index (χ2v) is 8.25. The highest BCUT2D eigenvalue weighted by molar-refractivity contribution is 6.30. The third-order valence-corrected chi connectivity index (χ3v) is 5.49. The van der Waals surface area contributed by atoms with Crippen LogP contribution in [0.25, 0.3) is 6.08 Å². The van der Waals surface area contributed by atoms with Crippen LogP contribution < -0.4 is 4.74 Å². The molecule has 0 aliphatic heterocycles. The molecule has 1 aromatic heterocycles. The van der Waals surface area contributed by atoms with Crippen LogP contribution in [0.1, 0.15) is 21.5 Å². The fraction of sp³-hybridized carbons (Fsp3) is 0.115. The van der Waals surface area contributed by atoms with E-state index in [-0.39, 0.29) is 24.5 Å². The lowest BCUT2D eigenvalue weighted by molar-refractivity contribution is -0.0297. The van der Waals surface area contributed by atoms with Crippen LogP contribution in [0.4, 0.5) is 8.78 Å². The summed E-state index contributed by atoms with van der Waals surface area (Å²) in [6.07, 6.45) is 5.78. The summed E-state index contributed by atoms with van der Waals surface area (Å²) in [7, 11) is 0. The van der Waals surface area contributed by atoms with Gasteiger partial charge in [-0.25, -0.2) is 18.4 Å². The average molecular weight is 496 g/mol. The first kappa shape index (κ1) is 24.3. The van der Waals surface area contributed by atoms with Crippen molar-refractivity contribution in [2.75, 3.05) is 6.61 Å². The van der Waals surface area contributed by atoms with E-state index in [2.05, 4.69) is 10.1 Å². The van der Waals surface area contributed by atoms with E-state index >= 15 is 0 Å². The van der Waals surface area contributed by atoms with Crippen molar-refractivity contribution in [3.05, 3.63) is 119 Å². The van der Waals surface area contributed by atoms with Crippen molar-refractivity contribution < 1.29 is 23.4 Å². The van der Waals surface area contributed by atoms with E-state index in [0.717, 1.165) is 11.6 Å². The van der Waals surface area contributed by atoms with E-state index in [1.54, 1.807) is 54.6 Å². The largest absolute Gasteiger partial charge is 0.490 e. The summed E-state index contributed by atoms with van der Waals surface area (Å²) < 4.78 is 35.0. The summed E-state index contributed by atoms with van der Waals surface area (Å²) in [5.74, 6) is -1.53. The standard InChI is InChI=1S/C26H20ClF2N3O3/c27-20-6-1-18(2-7-20)3-12-25(33)19-4-9-22(10-5-19)35-15-26(34,14-32-17-30-16-31-32)23-11-8-21(28)13-24(23)29/h1-13,16-17,34H,14-15H2. The summed E-state index contributed by atoms with van der Waals surface area (Å²) in [5.41, 5.74) is -0.748. The van der Waals surface area contributed by atoms with Crippen LogP contribution in [0, 0.1) is 11.6 Å². The van der Waals surface area contributed by atoms with Gasteiger partial charge in [0.25, 0.3) is 0 Å². The number of allylic oxidation sites excluding steroid dienone is 1. The third kappa shape index (κ3) is 6.17. The number of hydrogen-bond donors (Lipinski definition) is 1. The van der Waals surface area contributed by atoms with Crippen LogP contribution in [0.3, 0.4) is 0 Å². The molecule has 0 aliphatic carbocycles. The number of carbonyl (C=O) groups is 1. The summed E-state index contributed by atoms with van der Waals surface area (Å²) in [6.45, 7) is -0.541. The summed E-state index contributed by atoms with van der Waals surface area (Å²) in [6, 6.07) is 16.3. The fourth-order valence-electron chi connectivity index (χ4n) is 3.42. The van der Waals surface area contributed by atoms with Crippen molar-refractivity contribution in [3.63, 3.8) is 0 Å². The first-order valence-corrected chi connectivity index (χ1v) is 10.9. The molecule has 1 heterocycles. The fourth-order valence-corrected chi connectivity index (χ4v) is 3.54. The molecule has 0 saturated heterocycles. The number of nitrogens with zero attached hydrogens (tertiary/aromatic N) is 3. The molecular formula is C26H20ClF2N3O3. The van der Waals surface area contributed by atoms with Gasteiger partial charge in [0.2, 0.25) is 0 Å². The zero-order valence-corrected chi connectivity index (χ0v) is 19.1. The highest BCUT2D eigenvalue weighted by atomic mass is 35.5. The first-order valence-electron chi connectivity index (χ1n) is 10.5. The monoisotopic (exact) mass is 495 g/mol. The molecule has 0 bridgehead atoms. The van der Waals surface area contributed by atoms with Crippen LogP contribution >= 0.6 is 11.6 Å². The van der Waals surface area contributed by atoms with E-state index in [0.29, 0.717) is 22.4 Å². The van der Waals surface area contributed by atoms with E-state index in [9.17, 15) is 18.7 Å². The average Bonchev–Trinajstić information content (AvgIpc) is 3.35. The van der Waals surface area contributed by atoms with Crippen molar-refractivity contribution in [3.8, 4) is 5.75 Å². The highest BCUT2D eigenvalue weighted by Crippen LogP contribution is 2.28. The van der Waals surface area contributed by atoms with E-state index < -0.39 is 17.2 Å². The van der Waals surface area contributed by atoms with Crippen LogP contribution in [-0.2, 0) is 12.1 Å². The van der Waals surface area contributed by atoms with Crippen LogP contribution in [-0.4, -0.2) is 32.3 Å². The van der Waals surface area contributed by atoms with E-state index in [1.807, 2.05) is 0 Å². The van der Waals surface area contributed by atoms with E-state index in [1.165, 1.54) is 29.5 Å². The predicted molar refractivity (Wildman–Crippen MR) is 127 cm³/mol. The number of hydrogen-bond acceptors (Lipinski definition) is 5. The number of carbonyl (C=O) groups excluding carboxylic acids is 1. The molecule has 0 aliphatic rings. The Morgan fingerprint density at radius 1 is 1.09 bits per heavy atom. The Morgan fingerprint density at radius 2 is 1.83 bits per heavy atom. The number of aliphatic hydroxyl groups is 1. The molecule has 9 heteroatoms. The second kappa shape index (κ2) is 10.6. The molecule has 35 heavy (non-hydrogen) atoms. The zero-order chi connectivity index (χ0) is 24.8. The Kier molecular flexibility index (Phi) is 7.33. The number of rotatable bonds is 9. The summed E-state index contributed by atoms with van der Waals surface area (Å²) >= 11 is 5.86. The Morgan fingerprint density at radius 3 is 2.49 bits per heavy atom. The van der Waals surface area contributed by atoms with Gasteiger partial charge in [-0.15, -0.1) is 0 Å². The normalized spacial score (nSPS) is 13.0. The molecule has 0 fully saturated rings. The van der Waals surface area contributed by atoms with Crippen molar-refractivity contribution in [2.24, 2.45) is 0 Å². The molecule has 1 N–H and O–H groups in total. The molecule has 0 radical (unpaired) electrons. The number of aromatic nitrogens is 3. The summed E-state index contributed by atoms with van der Waals surface area (Å²) in [5, 5.41) is 15.8. The van der Waals surface area contributed by atoms with Gasteiger partial charge in [-0.05, 0) is 54.1 Å². The number of halogens is 3. The maximum Gasteiger partial charge on any atom is 0.185 e. The van der Waals surface area contributed by atoms with Crippen LogP contribution in [0.15, 0.2) is 85.5 Å². The Bertz CT molecular complexity index is 1330.